The fourth-order valence-electron chi connectivity index (χ4n) is 2.35. The van der Waals surface area contributed by atoms with Gasteiger partial charge in [0.1, 0.15) is 0 Å². The van der Waals surface area contributed by atoms with E-state index in [4.69, 9.17) is 4.52 Å². The Bertz CT molecular complexity index is 665. The Morgan fingerprint density at radius 3 is 3.10 bits per heavy atom. The van der Waals surface area contributed by atoms with Crippen molar-refractivity contribution in [1.29, 1.82) is 0 Å². The Morgan fingerprint density at radius 1 is 1.43 bits per heavy atom. The van der Waals surface area contributed by atoms with E-state index in [0.717, 1.165) is 29.7 Å². The number of likely N-dealkylation sites (N-methyl/N-ethyl adjacent to an activating group) is 1. The van der Waals surface area contributed by atoms with Crippen molar-refractivity contribution < 1.29 is 9.32 Å². The first-order chi connectivity index (χ1) is 10.2. The summed E-state index contributed by atoms with van der Waals surface area (Å²) < 4.78 is 5.33. The van der Waals surface area contributed by atoms with Gasteiger partial charge in [0.2, 0.25) is 5.91 Å². The van der Waals surface area contributed by atoms with Crippen LogP contribution in [-0.2, 0) is 17.6 Å². The Kier molecular flexibility index (Phi) is 3.70. The minimum absolute atomic E-state index is 0.0661. The predicted molar refractivity (Wildman–Crippen MR) is 78.9 cm³/mol. The number of aryl methyl sites for hydroxylation is 1. The Hall–Kier alpha value is -2.21. The van der Waals surface area contributed by atoms with E-state index in [2.05, 4.69) is 27.7 Å². The van der Waals surface area contributed by atoms with Gasteiger partial charge in [-0.05, 0) is 44.2 Å². The molecule has 1 aromatic carbocycles. The van der Waals surface area contributed by atoms with Gasteiger partial charge in [0.25, 0.3) is 5.89 Å². The number of nitrogens with zero attached hydrogens (tertiary/aromatic N) is 2. The SMILES string of the molecule is CNC(C)Cc1noc(-c2ccc3c(c2)CCC(=O)N3)n1. The third-order valence-electron chi connectivity index (χ3n) is 3.70. The van der Waals surface area contributed by atoms with Gasteiger partial charge in [-0.25, -0.2) is 0 Å². The van der Waals surface area contributed by atoms with Crippen LogP contribution in [0.25, 0.3) is 11.5 Å². The lowest BCUT2D eigenvalue weighted by molar-refractivity contribution is -0.116. The van der Waals surface area contributed by atoms with Crippen molar-refractivity contribution in [3.05, 3.63) is 29.6 Å². The van der Waals surface area contributed by atoms with Crippen molar-refractivity contribution in [3.8, 4) is 11.5 Å². The fraction of sp³-hybridized carbons (Fsp3) is 0.400. The standard InChI is InChI=1S/C15H18N4O2/c1-9(16-2)7-13-18-15(21-19-13)11-3-5-12-10(8-11)4-6-14(20)17-12/h3,5,8-9,16H,4,6-7H2,1-2H3,(H,17,20). The highest BCUT2D eigenvalue weighted by Gasteiger charge is 2.17. The number of benzene rings is 1. The van der Waals surface area contributed by atoms with Crippen LogP contribution in [0.3, 0.4) is 0 Å². The number of anilines is 1. The van der Waals surface area contributed by atoms with E-state index in [9.17, 15) is 4.79 Å². The molecular weight excluding hydrogens is 268 g/mol. The second-order valence-corrected chi connectivity index (χ2v) is 5.33. The van der Waals surface area contributed by atoms with Gasteiger partial charge in [-0.1, -0.05) is 5.16 Å². The molecular formula is C15H18N4O2. The largest absolute Gasteiger partial charge is 0.334 e. The molecule has 1 aliphatic heterocycles. The predicted octanol–water partition coefficient (Wildman–Crippen LogP) is 1.77. The van der Waals surface area contributed by atoms with E-state index in [-0.39, 0.29) is 5.91 Å². The number of fused-ring (bicyclic) bond motifs is 1. The van der Waals surface area contributed by atoms with Gasteiger partial charge >= 0.3 is 0 Å². The highest BCUT2D eigenvalue weighted by atomic mass is 16.5. The topological polar surface area (TPSA) is 80.0 Å². The molecule has 1 atom stereocenters. The van der Waals surface area contributed by atoms with E-state index in [1.54, 1.807) is 0 Å². The number of hydrogen-bond donors (Lipinski definition) is 2. The summed E-state index contributed by atoms with van der Waals surface area (Å²) in [6.07, 6.45) is 1.99. The molecule has 0 aliphatic carbocycles. The van der Waals surface area contributed by atoms with Gasteiger partial charge in [-0.15, -0.1) is 0 Å². The van der Waals surface area contributed by atoms with Gasteiger partial charge in [0.05, 0.1) is 0 Å². The molecule has 6 heteroatoms. The van der Waals surface area contributed by atoms with Gasteiger partial charge in [0, 0.05) is 30.1 Å². The summed E-state index contributed by atoms with van der Waals surface area (Å²) in [4.78, 5) is 15.8. The molecule has 0 saturated carbocycles. The number of aromatic nitrogens is 2. The van der Waals surface area contributed by atoms with Gasteiger partial charge in [-0.2, -0.15) is 4.98 Å². The zero-order chi connectivity index (χ0) is 14.8. The molecule has 2 heterocycles. The van der Waals surface area contributed by atoms with Crippen LogP contribution in [0.4, 0.5) is 5.69 Å². The quantitative estimate of drug-likeness (QED) is 0.895. The Morgan fingerprint density at radius 2 is 2.29 bits per heavy atom. The molecule has 1 unspecified atom stereocenters. The monoisotopic (exact) mass is 286 g/mol. The Balaban J connectivity index is 1.83. The summed E-state index contributed by atoms with van der Waals surface area (Å²) in [7, 11) is 1.91. The van der Waals surface area contributed by atoms with Crippen molar-refractivity contribution >= 4 is 11.6 Å². The maximum atomic E-state index is 11.4. The first-order valence-corrected chi connectivity index (χ1v) is 7.08. The van der Waals surface area contributed by atoms with Crippen molar-refractivity contribution in [2.75, 3.05) is 12.4 Å². The average Bonchev–Trinajstić information content (AvgIpc) is 2.95. The molecule has 3 rings (SSSR count). The summed E-state index contributed by atoms with van der Waals surface area (Å²) in [6, 6.07) is 6.09. The fourth-order valence-corrected chi connectivity index (χ4v) is 2.35. The second-order valence-electron chi connectivity index (χ2n) is 5.33. The molecule has 0 fully saturated rings. The molecule has 2 aromatic rings. The van der Waals surface area contributed by atoms with E-state index in [1.165, 1.54) is 0 Å². The van der Waals surface area contributed by atoms with Crippen LogP contribution in [0.15, 0.2) is 22.7 Å². The zero-order valence-corrected chi connectivity index (χ0v) is 12.1. The summed E-state index contributed by atoms with van der Waals surface area (Å²) in [5.74, 6) is 1.28. The van der Waals surface area contributed by atoms with Crippen LogP contribution in [-0.4, -0.2) is 29.1 Å². The molecule has 0 bridgehead atoms. The van der Waals surface area contributed by atoms with Crippen LogP contribution in [0.5, 0.6) is 0 Å². The molecule has 1 aliphatic rings. The summed E-state index contributed by atoms with van der Waals surface area (Å²) >= 11 is 0. The molecule has 21 heavy (non-hydrogen) atoms. The lowest BCUT2D eigenvalue weighted by atomic mass is 10.0. The van der Waals surface area contributed by atoms with Crippen LogP contribution in [0.2, 0.25) is 0 Å². The maximum Gasteiger partial charge on any atom is 0.257 e. The number of carbonyl (C=O) groups is 1. The molecule has 6 nitrogen and oxygen atoms in total. The van der Waals surface area contributed by atoms with Crippen molar-refractivity contribution in [2.24, 2.45) is 0 Å². The minimum atomic E-state index is 0.0661. The smallest absolute Gasteiger partial charge is 0.257 e. The zero-order valence-electron chi connectivity index (χ0n) is 12.1. The van der Waals surface area contributed by atoms with Crippen molar-refractivity contribution in [2.45, 2.75) is 32.2 Å². The highest BCUT2D eigenvalue weighted by Crippen LogP contribution is 2.27. The van der Waals surface area contributed by atoms with Crippen molar-refractivity contribution in [1.82, 2.24) is 15.5 Å². The lowest BCUT2D eigenvalue weighted by Crippen LogP contribution is -2.24. The van der Waals surface area contributed by atoms with Crippen LogP contribution >= 0.6 is 0 Å². The molecule has 110 valence electrons. The third kappa shape index (κ3) is 2.95. The highest BCUT2D eigenvalue weighted by molar-refractivity contribution is 5.94. The first kappa shape index (κ1) is 13.8. The molecule has 1 amide bonds. The average molecular weight is 286 g/mol. The van der Waals surface area contributed by atoms with E-state index < -0.39 is 0 Å². The molecule has 0 radical (unpaired) electrons. The number of hydrogen-bond acceptors (Lipinski definition) is 5. The summed E-state index contributed by atoms with van der Waals surface area (Å²) in [5.41, 5.74) is 2.87. The second kappa shape index (κ2) is 5.65. The van der Waals surface area contributed by atoms with Crippen molar-refractivity contribution in [3.63, 3.8) is 0 Å². The normalized spacial score (nSPS) is 15.4. The Labute approximate surface area is 122 Å². The van der Waals surface area contributed by atoms with Crippen LogP contribution in [0.1, 0.15) is 24.7 Å². The molecule has 1 aromatic heterocycles. The number of amides is 1. The third-order valence-corrected chi connectivity index (χ3v) is 3.70. The number of rotatable bonds is 4. The van der Waals surface area contributed by atoms with E-state index in [1.807, 2.05) is 25.2 Å². The van der Waals surface area contributed by atoms with E-state index in [0.29, 0.717) is 24.2 Å². The summed E-state index contributed by atoms with van der Waals surface area (Å²) in [5, 5.41) is 10.0. The summed E-state index contributed by atoms with van der Waals surface area (Å²) in [6.45, 7) is 2.07. The molecule has 0 saturated heterocycles. The minimum Gasteiger partial charge on any atom is -0.334 e. The lowest BCUT2D eigenvalue weighted by Gasteiger charge is -2.16. The van der Waals surface area contributed by atoms with Gasteiger partial charge < -0.3 is 15.2 Å². The molecule has 2 N–H and O–H groups in total. The van der Waals surface area contributed by atoms with Gasteiger partial charge in [-0.3, -0.25) is 4.79 Å². The van der Waals surface area contributed by atoms with E-state index >= 15 is 0 Å². The number of carbonyl (C=O) groups excluding carboxylic acids is 1. The number of nitrogens with one attached hydrogen (secondary N) is 2. The van der Waals surface area contributed by atoms with Gasteiger partial charge in [0.15, 0.2) is 5.82 Å². The van der Waals surface area contributed by atoms with Crippen LogP contribution < -0.4 is 10.6 Å². The first-order valence-electron chi connectivity index (χ1n) is 7.08. The maximum absolute atomic E-state index is 11.4. The molecule has 0 spiro atoms. The van der Waals surface area contributed by atoms with Crippen LogP contribution in [0, 0.1) is 0 Å².